The van der Waals surface area contributed by atoms with Crippen molar-refractivity contribution in [1.82, 2.24) is 34.4 Å². The summed E-state index contributed by atoms with van der Waals surface area (Å²) in [5.74, 6) is 1.27. The Morgan fingerprint density at radius 1 is 1.10 bits per heavy atom. The van der Waals surface area contributed by atoms with Crippen molar-refractivity contribution in [2.75, 3.05) is 13.1 Å². The van der Waals surface area contributed by atoms with Crippen LogP contribution in [0.1, 0.15) is 40.6 Å². The number of benzene rings is 1. The summed E-state index contributed by atoms with van der Waals surface area (Å²) >= 11 is 0. The predicted molar refractivity (Wildman–Crippen MR) is 113 cm³/mol. The van der Waals surface area contributed by atoms with Crippen molar-refractivity contribution in [2.45, 2.75) is 25.7 Å². The van der Waals surface area contributed by atoms with E-state index in [1.54, 1.807) is 18.7 Å². The molecule has 1 saturated heterocycles. The van der Waals surface area contributed by atoms with E-state index in [-0.39, 0.29) is 11.8 Å². The van der Waals surface area contributed by atoms with E-state index in [0.29, 0.717) is 18.7 Å². The number of carbonyl (C=O) groups is 1. The molecule has 0 aliphatic carbocycles. The number of amides is 1. The molecule has 30 heavy (non-hydrogen) atoms. The van der Waals surface area contributed by atoms with Gasteiger partial charge in [0.1, 0.15) is 11.5 Å². The summed E-state index contributed by atoms with van der Waals surface area (Å²) < 4.78 is 2.04. The van der Waals surface area contributed by atoms with E-state index in [1.165, 1.54) is 0 Å². The van der Waals surface area contributed by atoms with Gasteiger partial charge in [0.25, 0.3) is 5.91 Å². The van der Waals surface area contributed by atoms with Gasteiger partial charge in [0.15, 0.2) is 0 Å². The highest BCUT2D eigenvalue weighted by atomic mass is 16.2. The van der Waals surface area contributed by atoms with Crippen LogP contribution < -0.4 is 0 Å². The highest BCUT2D eigenvalue weighted by Gasteiger charge is 2.28. The van der Waals surface area contributed by atoms with Crippen molar-refractivity contribution in [1.29, 1.82) is 0 Å². The van der Waals surface area contributed by atoms with Crippen molar-refractivity contribution in [3.05, 3.63) is 60.2 Å². The Balaban J connectivity index is 1.34. The number of aryl methyl sites for hydroxylation is 1. The molecular formula is C22H23N7O. The summed E-state index contributed by atoms with van der Waals surface area (Å²) in [7, 11) is 1.99. The van der Waals surface area contributed by atoms with Crippen LogP contribution in [-0.2, 0) is 7.05 Å². The highest BCUT2D eigenvalue weighted by molar-refractivity contribution is 5.97. The molecule has 1 amide bonds. The largest absolute Gasteiger partial charge is 0.345 e. The molecular weight excluding hydrogens is 378 g/mol. The number of rotatable bonds is 3. The minimum atomic E-state index is 0.0616. The van der Waals surface area contributed by atoms with Crippen LogP contribution >= 0.6 is 0 Å². The first-order valence-electron chi connectivity index (χ1n) is 10.1. The van der Waals surface area contributed by atoms with Crippen LogP contribution in [0.5, 0.6) is 0 Å². The number of imidazole rings is 2. The zero-order valence-electron chi connectivity index (χ0n) is 17.0. The maximum absolute atomic E-state index is 13.0. The first kappa shape index (κ1) is 18.5. The van der Waals surface area contributed by atoms with Crippen molar-refractivity contribution >= 4 is 16.9 Å². The van der Waals surface area contributed by atoms with E-state index in [1.807, 2.05) is 47.8 Å². The Bertz CT molecular complexity index is 1220. The number of nitrogens with one attached hydrogen (secondary N) is 1. The van der Waals surface area contributed by atoms with Gasteiger partial charge in [-0.2, -0.15) is 0 Å². The summed E-state index contributed by atoms with van der Waals surface area (Å²) in [5, 5.41) is 0. The number of piperidine rings is 1. The normalized spacial score (nSPS) is 15.1. The lowest BCUT2D eigenvalue weighted by Gasteiger charge is -2.32. The molecule has 4 heterocycles. The molecule has 1 aromatic carbocycles. The molecule has 3 aromatic heterocycles. The molecule has 4 aromatic rings. The number of fused-ring (bicyclic) bond motifs is 1. The van der Waals surface area contributed by atoms with Crippen LogP contribution in [0.2, 0.25) is 0 Å². The maximum atomic E-state index is 13.0. The summed E-state index contributed by atoms with van der Waals surface area (Å²) in [6.45, 7) is 3.38. The summed E-state index contributed by atoms with van der Waals surface area (Å²) in [6.07, 6.45) is 8.70. The molecule has 0 atom stereocenters. The molecule has 1 aliphatic rings. The van der Waals surface area contributed by atoms with Crippen LogP contribution in [0.15, 0.2) is 43.1 Å². The van der Waals surface area contributed by atoms with Crippen LogP contribution in [0.3, 0.4) is 0 Å². The molecule has 1 N–H and O–H groups in total. The van der Waals surface area contributed by atoms with E-state index in [4.69, 9.17) is 0 Å². The van der Waals surface area contributed by atoms with Gasteiger partial charge in [-0.05, 0) is 38.0 Å². The molecule has 0 radical (unpaired) electrons. The highest BCUT2D eigenvalue weighted by Crippen LogP contribution is 2.33. The summed E-state index contributed by atoms with van der Waals surface area (Å²) in [5.41, 5.74) is 5.29. The third-order valence-corrected chi connectivity index (χ3v) is 6.03. The molecule has 8 heteroatoms. The second kappa shape index (κ2) is 7.37. The van der Waals surface area contributed by atoms with Crippen molar-refractivity contribution < 1.29 is 4.79 Å². The molecule has 0 spiro atoms. The molecule has 152 valence electrons. The lowest BCUT2D eigenvalue weighted by Crippen LogP contribution is -2.38. The molecule has 1 aliphatic heterocycles. The lowest BCUT2D eigenvalue weighted by molar-refractivity contribution is 0.0712. The number of nitrogens with zero attached hydrogens (tertiary/aromatic N) is 6. The fourth-order valence-corrected chi connectivity index (χ4v) is 4.17. The van der Waals surface area contributed by atoms with Crippen molar-refractivity contribution in [3.8, 4) is 11.4 Å². The van der Waals surface area contributed by atoms with Gasteiger partial charge in [-0.15, -0.1) is 0 Å². The predicted octanol–water partition coefficient (Wildman–Crippen LogP) is 3.08. The average molecular weight is 401 g/mol. The van der Waals surface area contributed by atoms with Gasteiger partial charge >= 0.3 is 0 Å². The molecule has 0 saturated carbocycles. The summed E-state index contributed by atoms with van der Waals surface area (Å²) in [4.78, 5) is 35.9. The number of carbonyl (C=O) groups excluding carboxylic acids is 1. The van der Waals surface area contributed by atoms with Gasteiger partial charge < -0.3 is 14.5 Å². The van der Waals surface area contributed by atoms with Crippen LogP contribution in [0, 0.1) is 6.92 Å². The second-order valence-electron chi connectivity index (χ2n) is 7.74. The molecule has 1 fully saturated rings. The minimum absolute atomic E-state index is 0.0616. The lowest BCUT2D eigenvalue weighted by atomic mass is 9.91. The Labute approximate surface area is 174 Å². The molecule has 8 nitrogen and oxygen atoms in total. The Morgan fingerprint density at radius 3 is 2.67 bits per heavy atom. The first-order valence-corrected chi connectivity index (χ1v) is 10.1. The zero-order chi connectivity index (χ0) is 20.7. The minimum Gasteiger partial charge on any atom is -0.345 e. The van der Waals surface area contributed by atoms with Crippen molar-refractivity contribution in [3.63, 3.8) is 0 Å². The third kappa shape index (κ3) is 3.14. The van der Waals surface area contributed by atoms with E-state index >= 15 is 0 Å². The standard InChI is InChI=1S/C22H23N7O/c1-14-25-12-19(28(14)2)21-20(23-7-8-24-21)15-5-9-29(10-6-15)22(30)16-3-4-17-18(11-16)27-13-26-17/h3-4,7-8,11-13,15H,5-6,9-10H2,1-2H3,(H,26,27). The first-order chi connectivity index (χ1) is 14.6. The van der Waals surface area contributed by atoms with E-state index in [2.05, 4.69) is 24.9 Å². The van der Waals surface area contributed by atoms with Gasteiger partial charge in [-0.3, -0.25) is 14.8 Å². The molecule has 0 bridgehead atoms. The van der Waals surface area contributed by atoms with E-state index in [9.17, 15) is 4.79 Å². The summed E-state index contributed by atoms with van der Waals surface area (Å²) in [6, 6.07) is 5.61. The Hall–Kier alpha value is -3.55. The van der Waals surface area contributed by atoms with Gasteiger partial charge in [0, 0.05) is 44.0 Å². The van der Waals surface area contributed by atoms with E-state index < -0.39 is 0 Å². The number of hydrogen-bond acceptors (Lipinski definition) is 5. The van der Waals surface area contributed by atoms with Crippen molar-refractivity contribution in [2.24, 2.45) is 7.05 Å². The molecule has 0 unspecified atom stereocenters. The quantitative estimate of drug-likeness (QED) is 0.569. The fraction of sp³-hybridized carbons (Fsp3) is 0.318. The SMILES string of the molecule is Cc1ncc(-c2nccnc2C2CCN(C(=O)c3ccc4nc[nH]c4c3)CC2)n1C. The van der Waals surface area contributed by atoms with Gasteiger partial charge in [-0.25, -0.2) is 9.97 Å². The molecule has 5 rings (SSSR count). The van der Waals surface area contributed by atoms with Gasteiger partial charge in [0.05, 0.1) is 34.9 Å². The van der Waals surface area contributed by atoms with Crippen LogP contribution in [0.4, 0.5) is 0 Å². The monoisotopic (exact) mass is 401 g/mol. The number of likely N-dealkylation sites (tertiary alicyclic amines) is 1. The second-order valence-corrected chi connectivity index (χ2v) is 7.74. The smallest absolute Gasteiger partial charge is 0.253 e. The van der Waals surface area contributed by atoms with Gasteiger partial charge in [0.2, 0.25) is 0 Å². The Morgan fingerprint density at radius 2 is 1.90 bits per heavy atom. The van der Waals surface area contributed by atoms with Crippen LogP contribution in [-0.4, -0.2) is 53.4 Å². The topological polar surface area (TPSA) is 92.6 Å². The number of hydrogen-bond donors (Lipinski definition) is 1. The van der Waals surface area contributed by atoms with E-state index in [0.717, 1.165) is 46.8 Å². The number of aromatic amines is 1. The Kier molecular flexibility index (Phi) is 4.54. The van der Waals surface area contributed by atoms with Gasteiger partial charge in [-0.1, -0.05) is 0 Å². The third-order valence-electron chi connectivity index (χ3n) is 6.03. The average Bonchev–Trinajstić information content (AvgIpc) is 3.39. The number of H-pyrrole nitrogens is 1. The number of aromatic nitrogens is 6. The van der Waals surface area contributed by atoms with Crippen LogP contribution in [0.25, 0.3) is 22.4 Å². The zero-order valence-corrected chi connectivity index (χ0v) is 17.0. The maximum Gasteiger partial charge on any atom is 0.253 e. The fourth-order valence-electron chi connectivity index (χ4n) is 4.17.